The summed E-state index contributed by atoms with van der Waals surface area (Å²) in [6, 6.07) is 19.4. The van der Waals surface area contributed by atoms with Crippen molar-refractivity contribution in [1.29, 1.82) is 0 Å². The zero-order chi connectivity index (χ0) is 23.7. The summed E-state index contributed by atoms with van der Waals surface area (Å²) in [5, 5.41) is 9.40. The largest absolute Gasteiger partial charge is 0.382 e. The van der Waals surface area contributed by atoms with Crippen molar-refractivity contribution in [3.8, 4) is 0 Å². The van der Waals surface area contributed by atoms with Crippen LogP contribution in [0.1, 0.15) is 22.3 Å². The van der Waals surface area contributed by atoms with E-state index in [1.165, 1.54) is 17.0 Å². The smallest absolute Gasteiger partial charge is 0.268 e. The number of carbonyl (C=O) groups excluding carboxylic acids is 3. The SMILES string of the molecule is O=C1CN(C(=O)c2ccc(NC(=O)C3CC(c4cccc(F)c4)=NO3)cc2)c2ccccc2N1. The number of hydrogen-bond acceptors (Lipinski definition) is 5. The molecule has 9 heteroatoms. The molecule has 3 aromatic carbocycles. The highest BCUT2D eigenvalue weighted by atomic mass is 19.1. The summed E-state index contributed by atoms with van der Waals surface area (Å²) in [7, 11) is 0. The number of hydrogen-bond donors (Lipinski definition) is 2. The van der Waals surface area contributed by atoms with Gasteiger partial charge in [0.05, 0.1) is 17.1 Å². The first-order valence-electron chi connectivity index (χ1n) is 10.6. The molecule has 2 N–H and O–H groups in total. The Hall–Kier alpha value is -4.53. The minimum absolute atomic E-state index is 0.0823. The molecule has 5 rings (SSSR count). The first-order chi connectivity index (χ1) is 16.5. The number of anilines is 3. The number of para-hydroxylation sites is 2. The molecule has 0 bridgehead atoms. The zero-order valence-corrected chi connectivity index (χ0v) is 17.8. The Morgan fingerprint density at radius 2 is 1.85 bits per heavy atom. The Balaban J connectivity index is 1.23. The van der Waals surface area contributed by atoms with Crippen molar-refractivity contribution in [2.45, 2.75) is 12.5 Å². The molecule has 0 saturated heterocycles. The second kappa shape index (κ2) is 8.78. The van der Waals surface area contributed by atoms with Crippen LogP contribution in [0.25, 0.3) is 0 Å². The number of fused-ring (bicyclic) bond motifs is 1. The molecule has 1 atom stereocenters. The van der Waals surface area contributed by atoms with Gasteiger partial charge >= 0.3 is 0 Å². The van der Waals surface area contributed by atoms with Crippen LogP contribution in [0.15, 0.2) is 78.0 Å². The minimum atomic E-state index is -0.845. The number of amides is 3. The molecule has 2 aliphatic heterocycles. The molecule has 0 fully saturated rings. The molecular formula is C25H19FN4O4. The molecule has 0 radical (unpaired) electrons. The van der Waals surface area contributed by atoms with Gasteiger partial charge in [0, 0.05) is 23.2 Å². The van der Waals surface area contributed by atoms with Crippen LogP contribution in [0.2, 0.25) is 0 Å². The van der Waals surface area contributed by atoms with Gasteiger partial charge in [-0.15, -0.1) is 0 Å². The zero-order valence-electron chi connectivity index (χ0n) is 17.8. The fourth-order valence-corrected chi connectivity index (χ4v) is 3.85. The van der Waals surface area contributed by atoms with Crippen molar-refractivity contribution in [2.24, 2.45) is 5.16 Å². The highest BCUT2D eigenvalue weighted by Crippen LogP contribution is 2.30. The van der Waals surface area contributed by atoms with Crippen molar-refractivity contribution >= 4 is 40.5 Å². The van der Waals surface area contributed by atoms with Gasteiger partial charge in [0.15, 0.2) is 0 Å². The first kappa shape index (κ1) is 21.3. The van der Waals surface area contributed by atoms with Gasteiger partial charge in [0.2, 0.25) is 12.0 Å². The summed E-state index contributed by atoms with van der Waals surface area (Å²) in [5.74, 6) is -1.40. The van der Waals surface area contributed by atoms with Crippen LogP contribution in [0.4, 0.5) is 21.5 Å². The third-order valence-electron chi connectivity index (χ3n) is 5.53. The summed E-state index contributed by atoms with van der Waals surface area (Å²) >= 11 is 0. The van der Waals surface area contributed by atoms with Crippen molar-refractivity contribution in [3.63, 3.8) is 0 Å². The lowest BCUT2D eigenvalue weighted by Crippen LogP contribution is -2.42. The van der Waals surface area contributed by atoms with Gasteiger partial charge in [-0.2, -0.15) is 0 Å². The molecule has 0 spiro atoms. The van der Waals surface area contributed by atoms with Crippen molar-refractivity contribution in [3.05, 3.63) is 89.7 Å². The van der Waals surface area contributed by atoms with E-state index in [4.69, 9.17) is 4.84 Å². The lowest BCUT2D eigenvalue weighted by atomic mass is 10.0. The van der Waals surface area contributed by atoms with Gasteiger partial charge in [-0.3, -0.25) is 19.3 Å². The van der Waals surface area contributed by atoms with E-state index in [9.17, 15) is 18.8 Å². The lowest BCUT2D eigenvalue weighted by Gasteiger charge is -2.29. The van der Waals surface area contributed by atoms with E-state index in [0.29, 0.717) is 33.9 Å². The number of nitrogens with zero attached hydrogens (tertiary/aromatic N) is 2. The van der Waals surface area contributed by atoms with Gasteiger partial charge in [-0.1, -0.05) is 29.4 Å². The van der Waals surface area contributed by atoms with E-state index in [1.807, 2.05) is 0 Å². The predicted octanol–water partition coefficient (Wildman–Crippen LogP) is 3.56. The normalized spacial score (nSPS) is 16.7. The quantitative estimate of drug-likeness (QED) is 0.625. The van der Waals surface area contributed by atoms with E-state index in [2.05, 4.69) is 15.8 Å². The van der Waals surface area contributed by atoms with Gasteiger partial charge in [-0.25, -0.2) is 4.39 Å². The minimum Gasteiger partial charge on any atom is -0.382 e. The summed E-state index contributed by atoms with van der Waals surface area (Å²) in [4.78, 5) is 44.3. The van der Waals surface area contributed by atoms with Crippen molar-refractivity contribution in [1.82, 2.24) is 0 Å². The number of nitrogens with one attached hydrogen (secondary N) is 2. The summed E-state index contributed by atoms with van der Waals surface area (Å²) < 4.78 is 13.4. The van der Waals surface area contributed by atoms with Crippen LogP contribution in [0.3, 0.4) is 0 Å². The molecule has 1 unspecified atom stereocenters. The predicted molar refractivity (Wildman–Crippen MR) is 124 cm³/mol. The average Bonchev–Trinajstić information content (AvgIpc) is 3.34. The Labute approximate surface area is 194 Å². The van der Waals surface area contributed by atoms with Gasteiger partial charge in [0.25, 0.3) is 11.8 Å². The number of halogens is 1. The topological polar surface area (TPSA) is 100 Å². The molecule has 34 heavy (non-hydrogen) atoms. The maximum absolute atomic E-state index is 13.4. The van der Waals surface area contributed by atoms with Crippen LogP contribution < -0.4 is 15.5 Å². The number of benzene rings is 3. The molecule has 3 amide bonds. The Morgan fingerprint density at radius 3 is 2.65 bits per heavy atom. The van der Waals surface area contributed by atoms with E-state index < -0.39 is 17.8 Å². The van der Waals surface area contributed by atoms with Crippen LogP contribution in [0.5, 0.6) is 0 Å². The van der Waals surface area contributed by atoms with Gasteiger partial charge in [0.1, 0.15) is 12.4 Å². The Bertz CT molecular complexity index is 1320. The van der Waals surface area contributed by atoms with Crippen LogP contribution in [0, 0.1) is 5.82 Å². The van der Waals surface area contributed by atoms with E-state index >= 15 is 0 Å². The van der Waals surface area contributed by atoms with E-state index in [1.54, 1.807) is 60.7 Å². The van der Waals surface area contributed by atoms with E-state index in [-0.39, 0.29) is 24.8 Å². The Morgan fingerprint density at radius 1 is 1.06 bits per heavy atom. The fourth-order valence-electron chi connectivity index (χ4n) is 3.85. The van der Waals surface area contributed by atoms with Crippen LogP contribution in [-0.4, -0.2) is 36.1 Å². The molecule has 2 heterocycles. The molecule has 170 valence electrons. The maximum atomic E-state index is 13.4. The molecular weight excluding hydrogens is 439 g/mol. The van der Waals surface area contributed by atoms with Crippen LogP contribution >= 0.6 is 0 Å². The molecule has 2 aliphatic rings. The average molecular weight is 458 g/mol. The number of rotatable bonds is 4. The summed E-state index contributed by atoms with van der Waals surface area (Å²) in [6.45, 7) is -0.0823. The second-order valence-electron chi connectivity index (χ2n) is 7.87. The molecule has 0 aromatic heterocycles. The molecule has 0 saturated carbocycles. The van der Waals surface area contributed by atoms with E-state index in [0.717, 1.165) is 0 Å². The van der Waals surface area contributed by atoms with Crippen molar-refractivity contribution in [2.75, 3.05) is 22.1 Å². The highest BCUT2D eigenvalue weighted by molar-refractivity contribution is 6.15. The lowest BCUT2D eigenvalue weighted by molar-refractivity contribution is -0.125. The van der Waals surface area contributed by atoms with Crippen molar-refractivity contribution < 1.29 is 23.6 Å². The summed E-state index contributed by atoms with van der Waals surface area (Å²) in [5.41, 5.74) is 3.10. The maximum Gasteiger partial charge on any atom is 0.268 e. The fraction of sp³-hybridized carbons (Fsp3) is 0.120. The molecule has 3 aromatic rings. The summed E-state index contributed by atoms with van der Waals surface area (Å²) in [6.07, 6.45) is -0.634. The number of oxime groups is 1. The monoisotopic (exact) mass is 458 g/mol. The Kier molecular flexibility index (Phi) is 5.51. The molecule has 8 nitrogen and oxygen atoms in total. The second-order valence-corrected chi connectivity index (χ2v) is 7.87. The van der Waals surface area contributed by atoms with Gasteiger partial charge in [-0.05, 0) is 48.5 Å². The first-order valence-corrected chi connectivity index (χ1v) is 10.6. The number of carbonyl (C=O) groups is 3. The highest BCUT2D eigenvalue weighted by Gasteiger charge is 2.30. The third kappa shape index (κ3) is 4.23. The van der Waals surface area contributed by atoms with Crippen LogP contribution in [-0.2, 0) is 14.4 Å². The van der Waals surface area contributed by atoms with Gasteiger partial charge < -0.3 is 15.5 Å². The standard InChI is InChI=1S/C25H19FN4O4/c26-17-5-3-4-16(12-17)20-13-22(34-29-20)24(32)27-18-10-8-15(9-11-18)25(33)30-14-23(31)28-19-6-1-2-7-21(19)30/h1-12,22H,13-14H2,(H,27,32)(H,28,31). The third-order valence-corrected chi connectivity index (χ3v) is 5.53. The molecule has 0 aliphatic carbocycles.